The Kier molecular flexibility index (Phi) is 4.26. The number of hydrogen-bond acceptors (Lipinski definition) is 1. The average Bonchev–Trinajstić information content (AvgIpc) is 2.50. The molecule has 0 spiro atoms. The van der Waals surface area contributed by atoms with Gasteiger partial charge < -0.3 is 5.73 Å². The molecule has 0 aliphatic heterocycles. The quantitative estimate of drug-likeness (QED) is 0.866. The maximum absolute atomic E-state index is 6.37. The summed E-state index contributed by atoms with van der Waals surface area (Å²) in [6, 6.07) is 14.4. The number of fused-ring (bicyclic) bond motifs is 1. The molecule has 0 radical (unpaired) electrons. The minimum absolute atomic E-state index is 0.00763. The number of rotatable bonds is 3. The van der Waals surface area contributed by atoms with Crippen LogP contribution in [-0.4, -0.2) is 6.54 Å². The van der Waals surface area contributed by atoms with Crippen molar-refractivity contribution < 1.29 is 0 Å². The summed E-state index contributed by atoms with van der Waals surface area (Å²) in [6.45, 7) is 0.642. The second-order valence-corrected chi connectivity index (χ2v) is 6.75. The summed E-state index contributed by atoms with van der Waals surface area (Å²) in [5.41, 5.74) is 10.2. The molecule has 1 aliphatic carbocycles. The molecule has 0 saturated heterocycles. The van der Waals surface area contributed by atoms with E-state index in [-0.39, 0.29) is 5.41 Å². The molecule has 21 heavy (non-hydrogen) atoms. The Morgan fingerprint density at radius 3 is 2.67 bits per heavy atom. The van der Waals surface area contributed by atoms with Crippen LogP contribution >= 0.6 is 23.2 Å². The summed E-state index contributed by atoms with van der Waals surface area (Å²) in [7, 11) is 0. The van der Waals surface area contributed by atoms with E-state index >= 15 is 0 Å². The molecule has 3 rings (SSSR count). The molecule has 1 aliphatic rings. The van der Waals surface area contributed by atoms with Crippen LogP contribution in [-0.2, 0) is 18.3 Å². The lowest BCUT2D eigenvalue weighted by Crippen LogP contribution is -2.40. The first-order valence-corrected chi connectivity index (χ1v) is 8.13. The fourth-order valence-electron chi connectivity index (χ4n) is 3.50. The van der Waals surface area contributed by atoms with E-state index < -0.39 is 0 Å². The minimum atomic E-state index is -0.00763. The third-order valence-electron chi connectivity index (χ3n) is 4.62. The van der Waals surface area contributed by atoms with Gasteiger partial charge in [0.15, 0.2) is 0 Å². The topological polar surface area (TPSA) is 26.0 Å². The molecule has 3 heteroatoms. The summed E-state index contributed by atoms with van der Waals surface area (Å²) < 4.78 is 0. The first-order valence-electron chi connectivity index (χ1n) is 7.37. The standard InChI is InChI=1S/C18H19Cl2N/c19-15-8-7-14(17(20)10-15)11-18(12-21)9-3-5-13-4-1-2-6-16(13)18/h1-2,4,6-8,10H,3,5,9,11-12,21H2. The Balaban J connectivity index is 2.02. The van der Waals surface area contributed by atoms with E-state index in [0.717, 1.165) is 29.8 Å². The Morgan fingerprint density at radius 1 is 1.10 bits per heavy atom. The fourth-order valence-corrected chi connectivity index (χ4v) is 3.98. The van der Waals surface area contributed by atoms with Crippen molar-refractivity contribution >= 4 is 23.2 Å². The molecule has 1 nitrogen and oxygen atoms in total. The van der Waals surface area contributed by atoms with E-state index in [1.54, 1.807) is 0 Å². The predicted octanol–water partition coefficient (Wildman–Crippen LogP) is 4.77. The smallest absolute Gasteiger partial charge is 0.0453 e. The van der Waals surface area contributed by atoms with Crippen LogP contribution in [0.5, 0.6) is 0 Å². The van der Waals surface area contributed by atoms with E-state index in [1.807, 2.05) is 18.2 Å². The van der Waals surface area contributed by atoms with Gasteiger partial charge in [0.05, 0.1) is 0 Å². The molecule has 0 aromatic heterocycles. The fraction of sp³-hybridized carbons (Fsp3) is 0.333. The van der Waals surface area contributed by atoms with Gasteiger partial charge in [-0.3, -0.25) is 0 Å². The molecule has 2 N–H and O–H groups in total. The molecule has 0 saturated carbocycles. The highest BCUT2D eigenvalue weighted by molar-refractivity contribution is 6.35. The Bertz CT molecular complexity index is 653. The first-order chi connectivity index (χ1) is 10.1. The zero-order valence-corrected chi connectivity index (χ0v) is 13.4. The summed E-state index contributed by atoms with van der Waals surface area (Å²) in [5, 5.41) is 1.41. The molecular weight excluding hydrogens is 301 g/mol. The third kappa shape index (κ3) is 2.83. The van der Waals surface area contributed by atoms with E-state index in [0.29, 0.717) is 11.6 Å². The van der Waals surface area contributed by atoms with Crippen LogP contribution in [0.25, 0.3) is 0 Å². The molecule has 0 fully saturated rings. The van der Waals surface area contributed by atoms with Crippen LogP contribution in [0.4, 0.5) is 0 Å². The highest BCUT2D eigenvalue weighted by Gasteiger charge is 2.35. The lowest BCUT2D eigenvalue weighted by Gasteiger charge is -2.39. The molecule has 2 aromatic rings. The van der Waals surface area contributed by atoms with Gasteiger partial charge in [-0.1, -0.05) is 53.5 Å². The van der Waals surface area contributed by atoms with Crippen molar-refractivity contribution in [2.45, 2.75) is 31.1 Å². The van der Waals surface area contributed by atoms with Gasteiger partial charge in [-0.2, -0.15) is 0 Å². The van der Waals surface area contributed by atoms with E-state index in [4.69, 9.17) is 28.9 Å². The summed E-state index contributed by atoms with van der Waals surface area (Å²) in [5.74, 6) is 0. The van der Waals surface area contributed by atoms with Crippen LogP contribution in [0.1, 0.15) is 29.5 Å². The van der Waals surface area contributed by atoms with Gasteiger partial charge in [0.2, 0.25) is 0 Å². The highest BCUT2D eigenvalue weighted by atomic mass is 35.5. The monoisotopic (exact) mass is 319 g/mol. The van der Waals surface area contributed by atoms with Crippen LogP contribution in [0.15, 0.2) is 42.5 Å². The predicted molar refractivity (Wildman–Crippen MR) is 90.3 cm³/mol. The largest absolute Gasteiger partial charge is 0.330 e. The summed E-state index contributed by atoms with van der Waals surface area (Å²) in [6.07, 6.45) is 4.31. The lowest BCUT2D eigenvalue weighted by atomic mass is 9.67. The lowest BCUT2D eigenvalue weighted by molar-refractivity contribution is 0.366. The van der Waals surface area contributed by atoms with E-state index in [9.17, 15) is 0 Å². The number of aryl methyl sites for hydroxylation is 1. The van der Waals surface area contributed by atoms with Gasteiger partial charge in [0, 0.05) is 22.0 Å². The second-order valence-electron chi connectivity index (χ2n) is 5.91. The normalized spacial score (nSPS) is 21.1. The zero-order chi connectivity index (χ0) is 14.9. The Labute approximate surface area is 136 Å². The van der Waals surface area contributed by atoms with Gasteiger partial charge in [-0.05, 0) is 54.5 Å². The van der Waals surface area contributed by atoms with Crippen molar-refractivity contribution in [3.8, 4) is 0 Å². The molecule has 110 valence electrons. The van der Waals surface area contributed by atoms with Crippen LogP contribution in [0, 0.1) is 0 Å². The Hall–Kier alpha value is -1.02. The molecule has 2 aromatic carbocycles. The molecule has 1 unspecified atom stereocenters. The van der Waals surface area contributed by atoms with Crippen molar-refractivity contribution in [2.75, 3.05) is 6.54 Å². The van der Waals surface area contributed by atoms with Gasteiger partial charge in [-0.15, -0.1) is 0 Å². The summed E-state index contributed by atoms with van der Waals surface area (Å²) in [4.78, 5) is 0. The van der Waals surface area contributed by atoms with E-state index in [2.05, 4.69) is 24.3 Å². The van der Waals surface area contributed by atoms with Crippen molar-refractivity contribution in [3.05, 3.63) is 69.2 Å². The van der Waals surface area contributed by atoms with Gasteiger partial charge in [0.25, 0.3) is 0 Å². The van der Waals surface area contributed by atoms with Crippen molar-refractivity contribution in [1.29, 1.82) is 0 Å². The number of benzene rings is 2. The van der Waals surface area contributed by atoms with Gasteiger partial charge in [-0.25, -0.2) is 0 Å². The second kappa shape index (κ2) is 6.00. The molecule has 0 amide bonds. The van der Waals surface area contributed by atoms with Crippen LogP contribution in [0.3, 0.4) is 0 Å². The number of halogens is 2. The Morgan fingerprint density at radius 2 is 1.90 bits per heavy atom. The number of nitrogens with two attached hydrogens (primary N) is 1. The first kappa shape index (κ1) is 14.9. The maximum Gasteiger partial charge on any atom is 0.0453 e. The number of hydrogen-bond donors (Lipinski definition) is 1. The highest BCUT2D eigenvalue weighted by Crippen LogP contribution is 2.40. The maximum atomic E-state index is 6.37. The SMILES string of the molecule is NCC1(Cc2ccc(Cl)cc2Cl)CCCc2ccccc21. The van der Waals surface area contributed by atoms with Gasteiger partial charge >= 0.3 is 0 Å². The van der Waals surface area contributed by atoms with E-state index in [1.165, 1.54) is 17.5 Å². The summed E-state index contributed by atoms with van der Waals surface area (Å²) >= 11 is 12.4. The van der Waals surface area contributed by atoms with Crippen molar-refractivity contribution in [1.82, 2.24) is 0 Å². The van der Waals surface area contributed by atoms with Crippen LogP contribution < -0.4 is 5.73 Å². The van der Waals surface area contributed by atoms with Crippen molar-refractivity contribution in [3.63, 3.8) is 0 Å². The van der Waals surface area contributed by atoms with Crippen LogP contribution in [0.2, 0.25) is 10.0 Å². The van der Waals surface area contributed by atoms with Crippen molar-refractivity contribution in [2.24, 2.45) is 5.73 Å². The molecule has 1 atom stereocenters. The zero-order valence-electron chi connectivity index (χ0n) is 11.9. The third-order valence-corrected chi connectivity index (χ3v) is 5.21. The minimum Gasteiger partial charge on any atom is -0.330 e. The average molecular weight is 320 g/mol. The van der Waals surface area contributed by atoms with Gasteiger partial charge in [0.1, 0.15) is 0 Å². The molecule has 0 heterocycles. The molecular formula is C18H19Cl2N. The molecule has 0 bridgehead atoms.